The van der Waals surface area contributed by atoms with E-state index in [9.17, 15) is 5.11 Å². The first kappa shape index (κ1) is 11.4. The fraction of sp³-hybridized carbons (Fsp3) is 0.900. The van der Waals surface area contributed by atoms with Gasteiger partial charge in [-0.05, 0) is 26.3 Å². The summed E-state index contributed by atoms with van der Waals surface area (Å²) in [5.41, 5.74) is 0. The highest BCUT2D eigenvalue weighted by Crippen LogP contribution is 2.19. The van der Waals surface area contributed by atoms with Gasteiger partial charge in [0.25, 0.3) is 0 Å². The average Bonchev–Trinajstić information content (AvgIpc) is 2.17. The van der Waals surface area contributed by atoms with Crippen molar-refractivity contribution in [2.45, 2.75) is 25.5 Å². The van der Waals surface area contributed by atoms with Gasteiger partial charge in [-0.2, -0.15) is 5.26 Å². The molecule has 0 radical (unpaired) electrons. The number of nitrogens with one attached hydrogen (secondary N) is 1. The summed E-state index contributed by atoms with van der Waals surface area (Å²) >= 11 is 0. The van der Waals surface area contributed by atoms with Crippen molar-refractivity contribution in [2.24, 2.45) is 5.92 Å². The van der Waals surface area contributed by atoms with Crippen molar-refractivity contribution < 1.29 is 5.11 Å². The van der Waals surface area contributed by atoms with Crippen LogP contribution in [-0.2, 0) is 0 Å². The van der Waals surface area contributed by atoms with Crippen molar-refractivity contribution in [2.75, 3.05) is 26.7 Å². The SMILES string of the molecule is CNC1CC(C(C)O)CN(CC#N)C1. The summed E-state index contributed by atoms with van der Waals surface area (Å²) in [6.07, 6.45) is 0.711. The Morgan fingerprint density at radius 2 is 2.36 bits per heavy atom. The molecule has 0 aromatic rings. The molecule has 0 aliphatic carbocycles. The number of nitriles is 1. The van der Waals surface area contributed by atoms with E-state index in [4.69, 9.17) is 5.26 Å². The standard InChI is InChI=1S/C10H19N3O/c1-8(14)9-5-10(12-2)7-13(6-9)4-3-11/h8-10,12,14H,4-7H2,1-2H3. The van der Waals surface area contributed by atoms with Crippen molar-refractivity contribution in [1.29, 1.82) is 5.26 Å². The van der Waals surface area contributed by atoms with Crippen LogP contribution in [0.5, 0.6) is 0 Å². The summed E-state index contributed by atoms with van der Waals surface area (Å²) in [5, 5.41) is 21.4. The van der Waals surface area contributed by atoms with Crippen LogP contribution in [0, 0.1) is 17.2 Å². The lowest BCUT2D eigenvalue weighted by atomic mass is 9.90. The molecule has 0 saturated carbocycles. The zero-order chi connectivity index (χ0) is 10.6. The van der Waals surface area contributed by atoms with E-state index in [1.165, 1.54) is 0 Å². The van der Waals surface area contributed by atoms with Crippen molar-refractivity contribution >= 4 is 0 Å². The lowest BCUT2D eigenvalue weighted by Crippen LogP contribution is -2.50. The van der Waals surface area contributed by atoms with Gasteiger partial charge in [-0.1, -0.05) is 0 Å². The molecule has 0 spiro atoms. The van der Waals surface area contributed by atoms with Gasteiger partial charge in [0.05, 0.1) is 18.7 Å². The molecule has 0 amide bonds. The molecule has 1 rings (SSSR count). The fourth-order valence-electron chi connectivity index (χ4n) is 2.02. The van der Waals surface area contributed by atoms with E-state index in [1.54, 1.807) is 0 Å². The van der Waals surface area contributed by atoms with Crippen molar-refractivity contribution in [3.8, 4) is 6.07 Å². The average molecular weight is 197 g/mol. The lowest BCUT2D eigenvalue weighted by Gasteiger charge is -2.37. The maximum absolute atomic E-state index is 9.54. The molecule has 14 heavy (non-hydrogen) atoms. The molecule has 1 aliphatic rings. The maximum atomic E-state index is 9.54. The number of nitrogens with zero attached hydrogens (tertiary/aromatic N) is 2. The Labute approximate surface area is 85.5 Å². The van der Waals surface area contributed by atoms with E-state index in [-0.39, 0.29) is 12.0 Å². The first-order valence-electron chi connectivity index (χ1n) is 5.12. The molecule has 1 fully saturated rings. The Kier molecular flexibility index (Phi) is 4.33. The number of piperidine rings is 1. The van der Waals surface area contributed by atoms with Gasteiger partial charge in [0.2, 0.25) is 0 Å². The molecule has 3 unspecified atom stereocenters. The van der Waals surface area contributed by atoms with Crippen LogP contribution in [-0.4, -0.2) is 48.8 Å². The normalized spacial score (nSPS) is 31.0. The second-order valence-corrected chi connectivity index (χ2v) is 4.07. The molecule has 4 heteroatoms. The van der Waals surface area contributed by atoms with Gasteiger partial charge in [0, 0.05) is 19.1 Å². The third-order valence-electron chi connectivity index (χ3n) is 2.94. The molecule has 4 nitrogen and oxygen atoms in total. The van der Waals surface area contributed by atoms with E-state index < -0.39 is 0 Å². The third kappa shape index (κ3) is 2.95. The molecular weight excluding hydrogens is 178 g/mol. The van der Waals surface area contributed by atoms with Crippen molar-refractivity contribution in [3.05, 3.63) is 0 Å². The van der Waals surface area contributed by atoms with E-state index in [1.807, 2.05) is 14.0 Å². The number of hydrogen-bond donors (Lipinski definition) is 2. The van der Waals surface area contributed by atoms with Crippen molar-refractivity contribution in [1.82, 2.24) is 10.2 Å². The molecule has 80 valence electrons. The van der Waals surface area contributed by atoms with Gasteiger partial charge in [0.1, 0.15) is 0 Å². The summed E-state index contributed by atoms with van der Waals surface area (Å²) in [4.78, 5) is 2.10. The summed E-state index contributed by atoms with van der Waals surface area (Å²) in [7, 11) is 1.93. The minimum Gasteiger partial charge on any atom is -0.393 e. The van der Waals surface area contributed by atoms with Crippen molar-refractivity contribution in [3.63, 3.8) is 0 Å². The highest BCUT2D eigenvalue weighted by atomic mass is 16.3. The van der Waals surface area contributed by atoms with Crippen LogP contribution in [0.2, 0.25) is 0 Å². The highest BCUT2D eigenvalue weighted by molar-refractivity contribution is 4.88. The summed E-state index contributed by atoms with van der Waals surface area (Å²) in [6, 6.07) is 2.56. The van der Waals surface area contributed by atoms with Crippen LogP contribution in [0.4, 0.5) is 0 Å². The quantitative estimate of drug-likeness (QED) is 0.615. The maximum Gasteiger partial charge on any atom is 0.0866 e. The fourth-order valence-corrected chi connectivity index (χ4v) is 2.02. The summed E-state index contributed by atoms with van der Waals surface area (Å²) in [6.45, 7) is 4.03. The Bertz CT molecular complexity index is 212. The predicted octanol–water partition coefficient (Wildman–Crippen LogP) is -0.199. The van der Waals surface area contributed by atoms with Crippen LogP contribution in [0.3, 0.4) is 0 Å². The first-order valence-corrected chi connectivity index (χ1v) is 5.12. The number of aliphatic hydroxyl groups excluding tert-OH is 1. The summed E-state index contributed by atoms with van der Waals surface area (Å²) < 4.78 is 0. The smallest absolute Gasteiger partial charge is 0.0866 e. The first-order chi connectivity index (χ1) is 6.67. The van der Waals surface area contributed by atoms with E-state index in [0.29, 0.717) is 12.6 Å². The molecule has 0 aromatic heterocycles. The van der Waals surface area contributed by atoms with Crippen LogP contribution < -0.4 is 5.32 Å². The number of aliphatic hydroxyl groups is 1. The number of likely N-dealkylation sites (tertiary alicyclic amines) is 1. The molecule has 1 heterocycles. The minimum absolute atomic E-state index is 0.285. The topological polar surface area (TPSA) is 59.3 Å². The predicted molar refractivity (Wildman–Crippen MR) is 54.7 cm³/mol. The molecule has 2 N–H and O–H groups in total. The van der Waals surface area contributed by atoms with Crippen LogP contribution in [0.25, 0.3) is 0 Å². The molecule has 3 atom stereocenters. The van der Waals surface area contributed by atoms with Crippen LogP contribution in [0.15, 0.2) is 0 Å². The minimum atomic E-state index is -0.285. The molecule has 1 saturated heterocycles. The lowest BCUT2D eigenvalue weighted by molar-refractivity contribution is 0.0548. The zero-order valence-corrected chi connectivity index (χ0v) is 8.90. The largest absolute Gasteiger partial charge is 0.393 e. The molecular formula is C10H19N3O. The number of rotatable bonds is 3. The van der Waals surface area contributed by atoms with Gasteiger partial charge in [-0.25, -0.2) is 0 Å². The second kappa shape index (κ2) is 5.30. The van der Waals surface area contributed by atoms with Gasteiger partial charge in [-0.3, -0.25) is 4.90 Å². The van der Waals surface area contributed by atoms with E-state index in [2.05, 4.69) is 16.3 Å². The van der Waals surface area contributed by atoms with Gasteiger partial charge in [0.15, 0.2) is 0 Å². The van der Waals surface area contributed by atoms with Gasteiger partial charge >= 0.3 is 0 Å². The van der Waals surface area contributed by atoms with Crippen LogP contribution >= 0.6 is 0 Å². The zero-order valence-electron chi connectivity index (χ0n) is 8.90. The summed E-state index contributed by atoms with van der Waals surface area (Å²) in [5.74, 6) is 0.287. The third-order valence-corrected chi connectivity index (χ3v) is 2.94. The Hall–Kier alpha value is -0.630. The van der Waals surface area contributed by atoms with E-state index >= 15 is 0 Å². The number of likely N-dealkylation sites (N-methyl/N-ethyl adjacent to an activating group) is 1. The van der Waals surface area contributed by atoms with E-state index in [0.717, 1.165) is 19.5 Å². The molecule has 0 bridgehead atoms. The molecule has 1 aliphatic heterocycles. The Morgan fingerprint density at radius 3 is 2.86 bits per heavy atom. The van der Waals surface area contributed by atoms with Gasteiger partial charge < -0.3 is 10.4 Å². The second-order valence-electron chi connectivity index (χ2n) is 4.07. The molecule has 0 aromatic carbocycles. The Morgan fingerprint density at radius 1 is 1.64 bits per heavy atom. The number of hydrogen-bond acceptors (Lipinski definition) is 4. The highest BCUT2D eigenvalue weighted by Gasteiger charge is 2.28. The van der Waals surface area contributed by atoms with Crippen LogP contribution in [0.1, 0.15) is 13.3 Å². The van der Waals surface area contributed by atoms with Gasteiger partial charge in [-0.15, -0.1) is 0 Å². The Balaban J connectivity index is 2.53. The monoisotopic (exact) mass is 197 g/mol.